The summed E-state index contributed by atoms with van der Waals surface area (Å²) in [6, 6.07) is 7.41. The van der Waals surface area contributed by atoms with Crippen LogP contribution in [0.5, 0.6) is 0 Å². The standard InChI is InChI=1S/C17H23ClN2O4/c18-14-5-2-1-4-13(14)17(7-10-24-11-8-17)12-20-16(23)19-9-3-6-15(21)22/h1-2,4-5H,3,6-12H2,(H,21,22)(H2,19,20,23). The number of amides is 2. The van der Waals surface area contributed by atoms with E-state index in [9.17, 15) is 9.59 Å². The number of hydrogen-bond acceptors (Lipinski definition) is 3. The van der Waals surface area contributed by atoms with Gasteiger partial charge < -0.3 is 20.5 Å². The first-order valence-corrected chi connectivity index (χ1v) is 8.47. The Hall–Kier alpha value is -1.79. The normalized spacial score (nSPS) is 16.4. The average molecular weight is 355 g/mol. The Morgan fingerprint density at radius 2 is 1.92 bits per heavy atom. The molecule has 0 bridgehead atoms. The summed E-state index contributed by atoms with van der Waals surface area (Å²) < 4.78 is 5.47. The van der Waals surface area contributed by atoms with Crippen molar-refractivity contribution in [1.82, 2.24) is 10.6 Å². The van der Waals surface area contributed by atoms with Crippen LogP contribution in [-0.4, -0.2) is 43.4 Å². The second-order valence-electron chi connectivity index (χ2n) is 5.98. The molecule has 0 saturated carbocycles. The van der Waals surface area contributed by atoms with Gasteiger partial charge in [-0.2, -0.15) is 0 Å². The Balaban J connectivity index is 1.94. The molecule has 1 fully saturated rings. The van der Waals surface area contributed by atoms with Crippen LogP contribution in [-0.2, 0) is 14.9 Å². The zero-order valence-electron chi connectivity index (χ0n) is 13.5. The van der Waals surface area contributed by atoms with Crippen LogP contribution < -0.4 is 10.6 Å². The minimum absolute atomic E-state index is 0.0428. The third-order valence-electron chi connectivity index (χ3n) is 4.34. The van der Waals surface area contributed by atoms with Gasteiger partial charge in [0.2, 0.25) is 0 Å². The number of ether oxygens (including phenoxy) is 1. The Labute approximate surface area is 146 Å². The summed E-state index contributed by atoms with van der Waals surface area (Å²) in [5.41, 5.74) is 0.788. The van der Waals surface area contributed by atoms with Crippen molar-refractivity contribution in [2.75, 3.05) is 26.3 Å². The number of carboxylic acid groups (broad SMARTS) is 1. The van der Waals surface area contributed by atoms with Gasteiger partial charge >= 0.3 is 12.0 Å². The fraction of sp³-hybridized carbons (Fsp3) is 0.529. The van der Waals surface area contributed by atoms with Gasteiger partial charge in [0.15, 0.2) is 0 Å². The van der Waals surface area contributed by atoms with Gasteiger partial charge in [-0.05, 0) is 30.9 Å². The lowest BCUT2D eigenvalue weighted by molar-refractivity contribution is -0.137. The second-order valence-corrected chi connectivity index (χ2v) is 6.39. The van der Waals surface area contributed by atoms with Crippen molar-refractivity contribution in [2.24, 2.45) is 0 Å². The van der Waals surface area contributed by atoms with Crippen LogP contribution in [0.1, 0.15) is 31.2 Å². The van der Waals surface area contributed by atoms with Crippen LogP contribution in [0.3, 0.4) is 0 Å². The van der Waals surface area contributed by atoms with E-state index in [0.717, 1.165) is 18.4 Å². The molecule has 0 unspecified atom stereocenters. The van der Waals surface area contributed by atoms with Crippen molar-refractivity contribution >= 4 is 23.6 Å². The number of rotatable bonds is 7. The number of carboxylic acids is 1. The number of aliphatic carboxylic acids is 1. The molecule has 7 heteroatoms. The molecule has 0 atom stereocenters. The van der Waals surface area contributed by atoms with Crippen molar-refractivity contribution in [3.8, 4) is 0 Å². The minimum atomic E-state index is -0.864. The molecule has 24 heavy (non-hydrogen) atoms. The predicted molar refractivity (Wildman–Crippen MR) is 91.5 cm³/mol. The topological polar surface area (TPSA) is 87.7 Å². The molecule has 6 nitrogen and oxygen atoms in total. The number of hydrogen-bond donors (Lipinski definition) is 3. The largest absolute Gasteiger partial charge is 0.481 e. The summed E-state index contributed by atoms with van der Waals surface area (Å²) in [7, 11) is 0. The molecule has 0 aliphatic carbocycles. The third-order valence-corrected chi connectivity index (χ3v) is 4.67. The number of halogens is 1. The van der Waals surface area contributed by atoms with E-state index < -0.39 is 5.97 Å². The summed E-state index contributed by atoms with van der Waals surface area (Å²) in [6.07, 6.45) is 2.03. The van der Waals surface area contributed by atoms with E-state index in [1.165, 1.54) is 0 Å². The van der Waals surface area contributed by atoms with E-state index in [1.807, 2.05) is 24.3 Å². The highest BCUT2D eigenvalue weighted by Crippen LogP contribution is 2.38. The number of nitrogens with one attached hydrogen (secondary N) is 2. The number of carbonyl (C=O) groups is 2. The lowest BCUT2D eigenvalue weighted by Gasteiger charge is -2.38. The van der Waals surface area contributed by atoms with Crippen LogP contribution in [0.4, 0.5) is 4.79 Å². The van der Waals surface area contributed by atoms with Crippen molar-refractivity contribution in [1.29, 1.82) is 0 Å². The van der Waals surface area contributed by atoms with Crippen LogP contribution >= 0.6 is 11.6 Å². The van der Waals surface area contributed by atoms with E-state index in [1.54, 1.807) is 0 Å². The SMILES string of the molecule is O=C(O)CCCNC(=O)NCC1(c2ccccc2Cl)CCOCC1. The Morgan fingerprint density at radius 1 is 1.21 bits per heavy atom. The van der Waals surface area contributed by atoms with Gasteiger partial charge in [0.25, 0.3) is 0 Å². The molecular weight excluding hydrogens is 332 g/mol. The van der Waals surface area contributed by atoms with E-state index in [4.69, 9.17) is 21.4 Å². The lowest BCUT2D eigenvalue weighted by Crippen LogP contribution is -2.47. The summed E-state index contributed by atoms with van der Waals surface area (Å²) >= 11 is 6.37. The van der Waals surface area contributed by atoms with Gasteiger partial charge in [0, 0.05) is 43.2 Å². The first-order valence-electron chi connectivity index (χ1n) is 8.10. The maximum Gasteiger partial charge on any atom is 0.314 e. The summed E-state index contributed by atoms with van der Waals surface area (Å²) in [5, 5.41) is 14.9. The molecule has 2 rings (SSSR count). The highest BCUT2D eigenvalue weighted by molar-refractivity contribution is 6.31. The Morgan fingerprint density at radius 3 is 2.58 bits per heavy atom. The molecule has 1 heterocycles. The second kappa shape index (κ2) is 8.89. The Kier molecular flexibility index (Phi) is 6.87. The molecule has 0 radical (unpaired) electrons. The van der Waals surface area contributed by atoms with Gasteiger partial charge in [0.05, 0.1) is 0 Å². The van der Waals surface area contributed by atoms with Crippen LogP contribution in [0.15, 0.2) is 24.3 Å². The Bertz CT molecular complexity index is 573. The van der Waals surface area contributed by atoms with Crippen molar-refractivity contribution in [3.05, 3.63) is 34.9 Å². The minimum Gasteiger partial charge on any atom is -0.481 e. The fourth-order valence-corrected chi connectivity index (χ4v) is 3.28. The van der Waals surface area contributed by atoms with Crippen LogP contribution in [0.2, 0.25) is 5.02 Å². The van der Waals surface area contributed by atoms with Crippen molar-refractivity contribution in [3.63, 3.8) is 0 Å². The van der Waals surface area contributed by atoms with E-state index in [-0.39, 0.29) is 17.9 Å². The predicted octanol–water partition coefficient (Wildman–Crippen LogP) is 2.55. The summed E-state index contributed by atoms with van der Waals surface area (Å²) in [6.45, 7) is 2.06. The van der Waals surface area contributed by atoms with Crippen LogP contribution in [0.25, 0.3) is 0 Å². The van der Waals surface area contributed by atoms with Gasteiger partial charge in [-0.25, -0.2) is 4.79 Å². The van der Waals surface area contributed by atoms with Gasteiger partial charge in [-0.1, -0.05) is 29.8 Å². The van der Waals surface area contributed by atoms with Crippen LogP contribution in [0, 0.1) is 0 Å². The van der Waals surface area contributed by atoms with E-state index in [0.29, 0.717) is 37.7 Å². The maximum atomic E-state index is 12.0. The summed E-state index contributed by atoms with van der Waals surface area (Å²) in [5.74, 6) is -0.864. The lowest BCUT2D eigenvalue weighted by atomic mass is 9.74. The van der Waals surface area contributed by atoms with E-state index >= 15 is 0 Å². The maximum absolute atomic E-state index is 12.0. The summed E-state index contributed by atoms with van der Waals surface area (Å²) in [4.78, 5) is 22.4. The molecule has 1 aliphatic heterocycles. The monoisotopic (exact) mass is 354 g/mol. The third kappa shape index (κ3) is 5.11. The van der Waals surface area contributed by atoms with E-state index in [2.05, 4.69) is 10.6 Å². The van der Waals surface area contributed by atoms with Crippen molar-refractivity contribution in [2.45, 2.75) is 31.1 Å². The van der Waals surface area contributed by atoms with Crippen molar-refractivity contribution < 1.29 is 19.4 Å². The number of carbonyl (C=O) groups excluding carboxylic acids is 1. The molecule has 132 valence electrons. The molecule has 1 aromatic rings. The number of benzene rings is 1. The smallest absolute Gasteiger partial charge is 0.314 e. The molecular formula is C17H23ClN2O4. The highest BCUT2D eigenvalue weighted by atomic mass is 35.5. The fourth-order valence-electron chi connectivity index (χ4n) is 2.95. The molecule has 1 saturated heterocycles. The van der Waals surface area contributed by atoms with Gasteiger partial charge in [-0.3, -0.25) is 4.79 Å². The quantitative estimate of drug-likeness (QED) is 0.657. The molecule has 0 spiro atoms. The first-order chi connectivity index (χ1) is 11.5. The number of urea groups is 1. The average Bonchev–Trinajstić information content (AvgIpc) is 2.58. The first kappa shape index (κ1) is 18.5. The van der Waals surface area contributed by atoms with Gasteiger partial charge in [0.1, 0.15) is 0 Å². The molecule has 2 amide bonds. The molecule has 0 aromatic heterocycles. The zero-order chi connectivity index (χ0) is 17.4. The zero-order valence-corrected chi connectivity index (χ0v) is 14.3. The van der Waals surface area contributed by atoms with Gasteiger partial charge in [-0.15, -0.1) is 0 Å². The highest BCUT2D eigenvalue weighted by Gasteiger charge is 2.36. The molecule has 1 aromatic carbocycles. The molecule has 3 N–H and O–H groups in total. The molecule has 1 aliphatic rings.